The van der Waals surface area contributed by atoms with Crippen LogP contribution in [0, 0.1) is 11.6 Å². The fraction of sp³-hybridized carbons (Fsp3) is 0.417. The highest BCUT2D eigenvalue weighted by molar-refractivity contribution is 5.95. The van der Waals surface area contributed by atoms with E-state index in [4.69, 9.17) is 10.8 Å². The van der Waals surface area contributed by atoms with Crippen LogP contribution in [-0.4, -0.2) is 35.1 Å². The Hall–Kier alpha value is -1.69. The van der Waals surface area contributed by atoms with Gasteiger partial charge in [0.1, 0.15) is 17.3 Å². The van der Waals surface area contributed by atoms with Gasteiger partial charge >= 0.3 is 0 Å². The number of aliphatic hydroxyl groups is 1. The van der Waals surface area contributed by atoms with Crippen LogP contribution < -0.4 is 5.73 Å². The van der Waals surface area contributed by atoms with E-state index >= 15 is 0 Å². The van der Waals surface area contributed by atoms with Crippen LogP contribution in [-0.2, 0) is 0 Å². The monoisotopic (exact) mass is 256 g/mol. The number of nitrogen functional groups attached to an aromatic ring is 1. The maximum atomic E-state index is 13.3. The van der Waals surface area contributed by atoms with E-state index in [-0.39, 0.29) is 24.8 Å². The molecule has 0 radical (unpaired) electrons. The molecule has 98 valence electrons. The number of carbonyl (C=O) groups is 1. The van der Waals surface area contributed by atoms with Crippen LogP contribution in [0.25, 0.3) is 0 Å². The average Bonchev–Trinajstić information content (AvgIpc) is 3.15. The molecule has 0 aliphatic heterocycles. The number of halogens is 2. The van der Waals surface area contributed by atoms with Crippen molar-refractivity contribution in [2.45, 2.75) is 18.9 Å². The summed E-state index contributed by atoms with van der Waals surface area (Å²) in [6, 6.07) is 1.91. The third-order valence-corrected chi connectivity index (χ3v) is 2.92. The number of hydrogen-bond donors (Lipinski definition) is 2. The number of benzene rings is 1. The Balaban J connectivity index is 2.26. The zero-order valence-corrected chi connectivity index (χ0v) is 9.70. The molecular weight excluding hydrogens is 242 g/mol. The molecule has 1 saturated carbocycles. The highest BCUT2D eigenvalue weighted by Gasteiger charge is 2.33. The number of hydrogen-bond acceptors (Lipinski definition) is 3. The van der Waals surface area contributed by atoms with Crippen LogP contribution in [0.15, 0.2) is 12.1 Å². The minimum Gasteiger partial charge on any atom is -0.395 e. The van der Waals surface area contributed by atoms with Crippen molar-refractivity contribution in [2.24, 2.45) is 0 Å². The first-order valence-corrected chi connectivity index (χ1v) is 5.71. The molecule has 0 bridgehead atoms. The van der Waals surface area contributed by atoms with Crippen LogP contribution in [0.2, 0.25) is 0 Å². The number of anilines is 1. The van der Waals surface area contributed by atoms with Gasteiger partial charge < -0.3 is 15.7 Å². The van der Waals surface area contributed by atoms with Crippen molar-refractivity contribution in [3.63, 3.8) is 0 Å². The first kappa shape index (κ1) is 12.8. The summed E-state index contributed by atoms with van der Waals surface area (Å²) in [7, 11) is 0. The van der Waals surface area contributed by atoms with Crippen molar-refractivity contribution in [3.8, 4) is 0 Å². The molecular formula is C12H14F2N2O2. The van der Waals surface area contributed by atoms with E-state index in [1.165, 1.54) is 4.90 Å². The molecule has 1 amide bonds. The second kappa shape index (κ2) is 4.89. The predicted molar refractivity (Wildman–Crippen MR) is 61.9 cm³/mol. The fourth-order valence-corrected chi connectivity index (χ4v) is 1.82. The van der Waals surface area contributed by atoms with Crippen LogP contribution in [0.1, 0.15) is 23.2 Å². The molecule has 0 spiro atoms. The Morgan fingerprint density at radius 3 is 2.39 bits per heavy atom. The topological polar surface area (TPSA) is 66.6 Å². The number of carbonyl (C=O) groups excluding carboxylic acids is 1. The Kier molecular flexibility index (Phi) is 3.47. The summed E-state index contributed by atoms with van der Waals surface area (Å²) in [6.07, 6.45) is 1.71. The smallest absolute Gasteiger partial charge is 0.254 e. The van der Waals surface area contributed by atoms with Crippen LogP contribution in [0.3, 0.4) is 0 Å². The minimum atomic E-state index is -0.946. The number of nitrogens with two attached hydrogens (primary N) is 1. The van der Waals surface area contributed by atoms with Gasteiger partial charge in [-0.05, 0) is 25.0 Å². The first-order chi connectivity index (χ1) is 8.54. The summed E-state index contributed by atoms with van der Waals surface area (Å²) in [5.74, 6) is -2.37. The fourth-order valence-electron chi connectivity index (χ4n) is 1.82. The van der Waals surface area contributed by atoms with Gasteiger partial charge in [-0.15, -0.1) is 0 Å². The third kappa shape index (κ3) is 2.43. The predicted octanol–water partition coefficient (Wildman–Crippen LogP) is 1.14. The number of aliphatic hydroxyl groups excluding tert-OH is 1. The Labute approximate surface area is 103 Å². The second-order valence-corrected chi connectivity index (χ2v) is 4.31. The van der Waals surface area contributed by atoms with Gasteiger partial charge in [-0.25, -0.2) is 8.78 Å². The minimum absolute atomic E-state index is 0.0633. The lowest BCUT2D eigenvalue weighted by atomic mass is 10.1. The quantitative estimate of drug-likeness (QED) is 0.794. The van der Waals surface area contributed by atoms with Crippen LogP contribution in [0.5, 0.6) is 0 Å². The first-order valence-electron chi connectivity index (χ1n) is 5.71. The summed E-state index contributed by atoms with van der Waals surface area (Å²) in [6.45, 7) is -0.0146. The Morgan fingerprint density at radius 2 is 1.94 bits per heavy atom. The second-order valence-electron chi connectivity index (χ2n) is 4.31. The molecule has 1 aliphatic rings. The summed E-state index contributed by atoms with van der Waals surface area (Å²) >= 11 is 0. The molecule has 1 aromatic rings. The molecule has 18 heavy (non-hydrogen) atoms. The van der Waals surface area contributed by atoms with Crippen LogP contribution in [0.4, 0.5) is 14.5 Å². The molecule has 1 fully saturated rings. The molecule has 1 aliphatic carbocycles. The molecule has 1 aromatic carbocycles. The van der Waals surface area contributed by atoms with Gasteiger partial charge in [0.2, 0.25) is 0 Å². The maximum Gasteiger partial charge on any atom is 0.254 e. The molecule has 3 N–H and O–H groups in total. The molecule has 0 unspecified atom stereocenters. The van der Waals surface area contributed by atoms with Gasteiger partial charge in [0.25, 0.3) is 5.91 Å². The molecule has 0 heterocycles. The number of amides is 1. The normalized spacial score (nSPS) is 14.6. The summed E-state index contributed by atoms with van der Waals surface area (Å²) in [4.78, 5) is 13.5. The maximum absolute atomic E-state index is 13.3. The van der Waals surface area contributed by atoms with Crippen molar-refractivity contribution in [1.29, 1.82) is 0 Å². The van der Waals surface area contributed by atoms with Gasteiger partial charge in [0, 0.05) is 18.2 Å². The van der Waals surface area contributed by atoms with E-state index in [1.807, 2.05) is 0 Å². The van der Waals surface area contributed by atoms with Crippen molar-refractivity contribution < 1.29 is 18.7 Å². The third-order valence-electron chi connectivity index (χ3n) is 2.92. The molecule has 4 nitrogen and oxygen atoms in total. The highest BCUT2D eigenvalue weighted by Crippen LogP contribution is 2.28. The van der Waals surface area contributed by atoms with E-state index in [9.17, 15) is 13.6 Å². The zero-order chi connectivity index (χ0) is 13.3. The van der Waals surface area contributed by atoms with Crippen molar-refractivity contribution in [2.75, 3.05) is 18.9 Å². The number of rotatable bonds is 4. The summed E-state index contributed by atoms with van der Waals surface area (Å²) in [5, 5.41) is 8.90. The molecule has 0 saturated heterocycles. The summed E-state index contributed by atoms with van der Waals surface area (Å²) < 4.78 is 26.6. The number of nitrogens with zero attached hydrogens (tertiary/aromatic N) is 1. The zero-order valence-electron chi connectivity index (χ0n) is 9.70. The van der Waals surface area contributed by atoms with Crippen molar-refractivity contribution >= 4 is 11.6 Å². The standard InChI is InChI=1S/C12H14F2N2O2/c13-9-5-7(6-10(14)11(9)15)12(18)16(3-4-17)8-1-2-8/h5-6,8,17H,1-4,15H2. The summed E-state index contributed by atoms with van der Waals surface area (Å²) in [5.41, 5.74) is 4.47. The Bertz CT molecular complexity index is 452. The van der Waals surface area contributed by atoms with E-state index in [0.29, 0.717) is 0 Å². The highest BCUT2D eigenvalue weighted by atomic mass is 19.1. The van der Waals surface area contributed by atoms with Gasteiger partial charge in [0.15, 0.2) is 0 Å². The lowest BCUT2D eigenvalue weighted by Gasteiger charge is -2.21. The molecule has 2 rings (SSSR count). The van der Waals surface area contributed by atoms with Crippen molar-refractivity contribution in [3.05, 3.63) is 29.3 Å². The lowest BCUT2D eigenvalue weighted by molar-refractivity contribution is 0.0706. The van der Waals surface area contributed by atoms with E-state index in [1.54, 1.807) is 0 Å². The van der Waals surface area contributed by atoms with Gasteiger partial charge in [-0.1, -0.05) is 0 Å². The largest absolute Gasteiger partial charge is 0.395 e. The van der Waals surface area contributed by atoms with Gasteiger partial charge in [-0.3, -0.25) is 4.79 Å². The van der Waals surface area contributed by atoms with Crippen molar-refractivity contribution in [1.82, 2.24) is 4.90 Å². The van der Waals surface area contributed by atoms with E-state index in [0.717, 1.165) is 25.0 Å². The van der Waals surface area contributed by atoms with E-state index in [2.05, 4.69) is 0 Å². The average molecular weight is 256 g/mol. The van der Waals surface area contributed by atoms with Gasteiger partial charge in [-0.2, -0.15) is 0 Å². The Morgan fingerprint density at radius 1 is 1.39 bits per heavy atom. The van der Waals surface area contributed by atoms with Crippen LogP contribution >= 0.6 is 0 Å². The molecule has 6 heteroatoms. The lowest BCUT2D eigenvalue weighted by Crippen LogP contribution is -2.35. The SMILES string of the molecule is Nc1c(F)cc(C(=O)N(CCO)C2CC2)cc1F. The molecule has 0 atom stereocenters. The molecule has 0 aromatic heterocycles. The van der Waals surface area contributed by atoms with Gasteiger partial charge in [0.05, 0.1) is 6.61 Å². The van der Waals surface area contributed by atoms with E-state index < -0.39 is 23.2 Å².